The predicted molar refractivity (Wildman–Crippen MR) is 77.1 cm³/mol. The van der Waals surface area contributed by atoms with E-state index in [0.29, 0.717) is 6.54 Å². The lowest BCUT2D eigenvalue weighted by atomic mass is 10.2. The number of hydrogen-bond acceptors (Lipinski definition) is 5. The van der Waals surface area contributed by atoms with Gasteiger partial charge in [-0.1, -0.05) is 12.1 Å². The van der Waals surface area contributed by atoms with Crippen molar-refractivity contribution in [1.29, 1.82) is 0 Å². The van der Waals surface area contributed by atoms with Crippen LogP contribution < -0.4 is 21.9 Å². The SMILES string of the molecule is CN(c1cccc(CN)c1)c1nn(C)c(=O)n(C)c1=O. The molecule has 7 nitrogen and oxygen atoms in total. The van der Waals surface area contributed by atoms with Gasteiger partial charge in [-0.25, -0.2) is 9.48 Å². The number of hydrogen-bond donors (Lipinski definition) is 1. The van der Waals surface area contributed by atoms with Gasteiger partial charge in [0.05, 0.1) is 0 Å². The first-order chi connectivity index (χ1) is 9.45. The summed E-state index contributed by atoms with van der Waals surface area (Å²) in [4.78, 5) is 25.4. The Morgan fingerprint density at radius 2 is 2.00 bits per heavy atom. The van der Waals surface area contributed by atoms with Gasteiger partial charge >= 0.3 is 5.69 Å². The zero-order chi connectivity index (χ0) is 14.9. The minimum absolute atomic E-state index is 0.184. The van der Waals surface area contributed by atoms with E-state index in [0.717, 1.165) is 20.5 Å². The summed E-state index contributed by atoms with van der Waals surface area (Å²) in [6.45, 7) is 0.417. The molecule has 0 atom stereocenters. The molecule has 1 aromatic carbocycles. The molecule has 0 bridgehead atoms. The highest BCUT2D eigenvalue weighted by atomic mass is 16.2. The average Bonchev–Trinajstić information content (AvgIpc) is 2.48. The summed E-state index contributed by atoms with van der Waals surface area (Å²) in [6, 6.07) is 7.50. The van der Waals surface area contributed by atoms with Gasteiger partial charge < -0.3 is 10.6 Å². The number of nitrogens with two attached hydrogens (primary N) is 1. The van der Waals surface area contributed by atoms with Crippen LogP contribution in [0.1, 0.15) is 5.56 Å². The van der Waals surface area contributed by atoms with Gasteiger partial charge in [-0.05, 0) is 17.7 Å². The van der Waals surface area contributed by atoms with Crippen LogP contribution in [0.3, 0.4) is 0 Å². The van der Waals surface area contributed by atoms with Crippen LogP contribution in [0.2, 0.25) is 0 Å². The average molecular weight is 275 g/mol. The molecular formula is C13H17N5O2. The molecule has 0 radical (unpaired) electrons. The largest absolute Gasteiger partial charge is 0.346 e. The Balaban J connectivity index is 2.56. The van der Waals surface area contributed by atoms with Crippen LogP contribution in [0.5, 0.6) is 0 Å². The van der Waals surface area contributed by atoms with Gasteiger partial charge in [0.2, 0.25) is 5.82 Å². The number of rotatable bonds is 3. The molecule has 7 heteroatoms. The van der Waals surface area contributed by atoms with Gasteiger partial charge in [-0.3, -0.25) is 9.36 Å². The molecule has 1 aromatic heterocycles. The molecule has 1 heterocycles. The highest BCUT2D eigenvalue weighted by Crippen LogP contribution is 2.19. The molecule has 0 aliphatic heterocycles. The number of anilines is 2. The van der Waals surface area contributed by atoms with E-state index in [1.165, 1.54) is 14.1 Å². The Morgan fingerprint density at radius 3 is 2.65 bits per heavy atom. The maximum atomic E-state index is 12.1. The van der Waals surface area contributed by atoms with Gasteiger partial charge in [0, 0.05) is 33.4 Å². The summed E-state index contributed by atoms with van der Waals surface area (Å²) in [5.41, 5.74) is 6.46. The fraction of sp³-hybridized carbons (Fsp3) is 0.308. The molecule has 0 amide bonds. The lowest BCUT2D eigenvalue weighted by Gasteiger charge is -2.19. The second-order valence-electron chi connectivity index (χ2n) is 4.53. The molecule has 0 aliphatic rings. The van der Waals surface area contributed by atoms with Crippen molar-refractivity contribution in [3.63, 3.8) is 0 Å². The molecule has 0 unspecified atom stereocenters. The zero-order valence-corrected chi connectivity index (χ0v) is 11.7. The third kappa shape index (κ3) is 2.35. The molecule has 0 aliphatic carbocycles. The molecule has 2 N–H and O–H groups in total. The van der Waals surface area contributed by atoms with Crippen LogP contribution in [0.15, 0.2) is 33.9 Å². The first kappa shape index (κ1) is 14.0. The van der Waals surface area contributed by atoms with Crippen LogP contribution >= 0.6 is 0 Å². The smallest absolute Gasteiger partial charge is 0.326 e. The summed E-state index contributed by atoms with van der Waals surface area (Å²) in [5.74, 6) is 0.184. The summed E-state index contributed by atoms with van der Waals surface area (Å²) < 4.78 is 2.17. The van der Waals surface area contributed by atoms with Gasteiger partial charge in [0.1, 0.15) is 0 Å². The van der Waals surface area contributed by atoms with Crippen molar-refractivity contribution in [1.82, 2.24) is 14.3 Å². The molecule has 2 rings (SSSR count). The number of benzene rings is 1. The number of aryl methyl sites for hydroxylation is 1. The topological polar surface area (TPSA) is 86.2 Å². The van der Waals surface area contributed by atoms with Crippen molar-refractivity contribution in [3.8, 4) is 0 Å². The van der Waals surface area contributed by atoms with Crippen LogP contribution in [-0.4, -0.2) is 21.4 Å². The summed E-state index contributed by atoms with van der Waals surface area (Å²) in [5, 5.41) is 4.03. The standard InChI is InChI=1S/C13H17N5O2/c1-16(10-6-4-5-9(7-10)8-14)11-12(19)17(2)13(20)18(3)15-11/h4-7H,8,14H2,1-3H3. The monoisotopic (exact) mass is 275 g/mol. The van der Waals surface area contributed by atoms with E-state index in [-0.39, 0.29) is 5.82 Å². The van der Waals surface area contributed by atoms with E-state index in [1.54, 1.807) is 11.9 Å². The minimum Gasteiger partial charge on any atom is -0.326 e. The first-order valence-corrected chi connectivity index (χ1v) is 6.12. The van der Waals surface area contributed by atoms with Gasteiger partial charge in [0.15, 0.2) is 0 Å². The van der Waals surface area contributed by atoms with Crippen molar-refractivity contribution in [2.75, 3.05) is 11.9 Å². The number of aromatic nitrogens is 3. The summed E-state index contributed by atoms with van der Waals surface area (Å²) >= 11 is 0. The van der Waals surface area contributed by atoms with E-state index in [2.05, 4.69) is 5.10 Å². The maximum Gasteiger partial charge on any atom is 0.346 e. The van der Waals surface area contributed by atoms with Crippen molar-refractivity contribution < 1.29 is 0 Å². The Morgan fingerprint density at radius 1 is 1.30 bits per heavy atom. The normalized spacial score (nSPS) is 10.6. The minimum atomic E-state index is -0.456. The van der Waals surface area contributed by atoms with Crippen molar-refractivity contribution >= 4 is 11.5 Å². The van der Waals surface area contributed by atoms with Crippen molar-refractivity contribution in [2.45, 2.75) is 6.54 Å². The number of nitrogens with zero attached hydrogens (tertiary/aromatic N) is 4. The fourth-order valence-electron chi connectivity index (χ4n) is 1.91. The molecule has 106 valence electrons. The van der Waals surface area contributed by atoms with Crippen LogP contribution in [0.25, 0.3) is 0 Å². The van der Waals surface area contributed by atoms with Crippen molar-refractivity contribution in [2.24, 2.45) is 19.8 Å². The van der Waals surface area contributed by atoms with Gasteiger partial charge in [-0.15, -0.1) is 5.10 Å². The molecule has 0 spiro atoms. The molecule has 2 aromatic rings. The lowest BCUT2D eigenvalue weighted by Crippen LogP contribution is -2.41. The highest BCUT2D eigenvalue weighted by Gasteiger charge is 2.14. The summed E-state index contributed by atoms with van der Waals surface area (Å²) in [7, 11) is 4.67. The first-order valence-electron chi connectivity index (χ1n) is 6.12. The Kier molecular flexibility index (Phi) is 3.71. The van der Waals surface area contributed by atoms with E-state index < -0.39 is 11.2 Å². The Bertz CT molecular complexity index is 747. The van der Waals surface area contributed by atoms with E-state index in [9.17, 15) is 9.59 Å². The molecule has 0 fully saturated rings. The predicted octanol–water partition coefficient (Wildman–Crippen LogP) is -0.294. The van der Waals surface area contributed by atoms with Gasteiger partial charge in [-0.2, -0.15) is 0 Å². The quantitative estimate of drug-likeness (QED) is 0.831. The Labute approximate surface area is 115 Å². The molecule has 0 saturated carbocycles. The third-order valence-electron chi connectivity index (χ3n) is 3.16. The maximum absolute atomic E-state index is 12.1. The lowest BCUT2D eigenvalue weighted by molar-refractivity contribution is 0.600. The fourth-order valence-corrected chi connectivity index (χ4v) is 1.91. The van der Waals surface area contributed by atoms with E-state index in [1.807, 2.05) is 24.3 Å². The van der Waals surface area contributed by atoms with E-state index in [4.69, 9.17) is 5.73 Å². The van der Waals surface area contributed by atoms with Crippen LogP contribution in [0.4, 0.5) is 11.5 Å². The highest BCUT2D eigenvalue weighted by molar-refractivity contribution is 5.58. The third-order valence-corrected chi connectivity index (χ3v) is 3.16. The summed E-state index contributed by atoms with van der Waals surface area (Å²) in [6.07, 6.45) is 0. The zero-order valence-electron chi connectivity index (χ0n) is 11.7. The molecule has 20 heavy (non-hydrogen) atoms. The Hall–Kier alpha value is -2.41. The van der Waals surface area contributed by atoms with Crippen LogP contribution in [-0.2, 0) is 20.6 Å². The van der Waals surface area contributed by atoms with Crippen LogP contribution in [0, 0.1) is 0 Å². The molecule has 0 saturated heterocycles. The second kappa shape index (κ2) is 5.30. The molecular weight excluding hydrogens is 258 g/mol. The van der Waals surface area contributed by atoms with Crippen molar-refractivity contribution in [3.05, 3.63) is 50.7 Å². The second-order valence-corrected chi connectivity index (χ2v) is 4.53. The van der Waals surface area contributed by atoms with Gasteiger partial charge in [0.25, 0.3) is 5.56 Å². The van der Waals surface area contributed by atoms with E-state index >= 15 is 0 Å².